The molecule has 4 N–H and O–H groups in total. The SMILES string of the molecule is CC(C)C(=O)Nc1ccc(C(=O)Nc2c(C(N)=O)oc3ccccc23)cc1. The van der Waals surface area contributed by atoms with E-state index in [4.69, 9.17) is 10.2 Å². The number of amides is 3. The van der Waals surface area contributed by atoms with Gasteiger partial charge in [-0.1, -0.05) is 26.0 Å². The Morgan fingerprint density at radius 2 is 1.63 bits per heavy atom. The fourth-order valence-electron chi connectivity index (χ4n) is 2.52. The first-order chi connectivity index (χ1) is 12.9. The van der Waals surface area contributed by atoms with Crippen molar-refractivity contribution in [2.75, 3.05) is 10.6 Å². The van der Waals surface area contributed by atoms with E-state index in [-0.39, 0.29) is 23.3 Å². The quantitative estimate of drug-likeness (QED) is 0.643. The first-order valence-electron chi connectivity index (χ1n) is 8.40. The van der Waals surface area contributed by atoms with E-state index in [0.29, 0.717) is 22.2 Å². The molecule has 0 bridgehead atoms. The van der Waals surface area contributed by atoms with E-state index in [2.05, 4.69) is 10.6 Å². The number of para-hydroxylation sites is 1. The van der Waals surface area contributed by atoms with Gasteiger partial charge in [-0.15, -0.1) is 0 Å². The zero-order valence-corrected chi connectivity index (χ0v) is 14.9. The van der Waals surface area contributed by atoms with Crippen LogP contribution in [-0.4, -0.2) is 17.7 Å². The average Bonchev–Trinajstić information content (AvgIpc) is 3.01. The van der Waals surface area contributed by atoms with Crippen LogP contribution in [-0.2, 0) is 4.79 Å². The molecule has 0 radical (unpaired) electrons. The van der Waals surface area contributed by atoms with Crippen molar-refractivity contribution in [1.82, 2.24) is 0 Å². The molecule has 7 heteroatoms. The Morgan fingerprint density at radius 1 is 0.963 bits per heavy atom. The number of hydrogen-bond donors (Lipinski definition) is 3. The van der Waals surface area contributed by atoms with Gasteiger partial charge in [0.05, 0.1) is 0 Å². The molecule has 0 fully saturated rings. The molecule has 0 aliphatic carbocycles. The van der Waals surface area contributed by atoms with Crippen LogP contribution < -0.4 is 16.4 Å². The highest BCUT2D eigenvalue weighted by Gasteiger charge is 2.20. The summed E-state index contributed by atoms with van der Waals surface area (Å²) in [5, 5.41) is 6.03. The number of fused-ring (bicyclic) bond motifs is 1. The molecule has 0 saturated heterocycles. The number of carbonyl (C=O) groups excluding carboxylic acids is 3. The summed E-state index contributed by atoms with van der Waals surface area (Å²) in [7, 11) is 0. The third-order valence-electron chi connectivity index (χ3n) is 4.00. The van der Waals surface area contributed by atoms with E-state index in [1.165, 1.54) is 0 Å². The van der Waals surface area contributed by atoms with E-state index in [1.807, 2.05) is 0 Å². The van der Waals surface area contributed by atoms with Crippen molar-refractivity contribution in [3.05, 3.63) is 59.9 Å². The Hall–Kier alpha value is -3.61. The maximum atomic E-state index is 12.6. The normalized spacial score (nSPS) is 10.8. The number of nitrogens with one attached hydrogen (secondary N) is 2. The molecule has 3 rings (SSSR count). The van der Waals surface area contributed by atoms with Crippen molar-refractivity contribution in [3.63, 3.8) is 0 Å². The predicted molar refractivity (Wildman–Crippen MR) is 103 cm³/mol. The number of rotatable bonds is 5. The second kappa shape index (κ2) is 7.33. The number of hydrogen-bond acceptors (Lipinski definition) is 4. The van der Waals surface area contributed by atoms with Gasteiger partial charge in [0.1, 0.15) is 11.3 Å². The molecule has 0 unspecified atom stereocenters. The van der Waals surface area contributed by atoms with Crippen molar-refractivity contribution >= 4 is 40.1 Å². The van der Waals surface area contributed by atoms with Crippen LogP contribution in [0, 0.1) is 5.92 Å². The lowest BCUT2D eigenvalue weighted by molar-refractivity contribution is -0.118. The molecule has 7 nitrogen and oxygen atoms in total. The first-order valence-corrected chi connectivity index (χ1v) is 8.40. The van der Waals surface area contributed by atoms with Crippen LogP contribution in [0.5, 0.6) is 0 Å². The van der Waals surface area contributed by atoms with Gasteiger partial charge in [0.2, 0.25) is 11.7 Å². The fraction of sp³-hybridized carbons (Fsp3) is 0.150. The smallest absolute Gasteiger partial charge is 0.286 e. The topological polar surface area (TPSA) is 114 Å². The lowest BCUT2D eigenvalue weighted by atomic mass is 10.1. The minimum absolute atomic E-state index is 0.106. The molecule has 138 valence electrons. The second-order valence-electron chi connectivity index (χ2n) is 6.34. The van der Waals surface area contributed by atoms with Crippen molar-refractivity contribution in [1.29, 1.82) is 0 Å². The van der Waals surface area contributed by atoms with E-state index < -0.39 is 11.8 Å². The van der Waals surface area contributed by atoms with Crippen LogP contribution in [0.15, 0.2) is 52.9 Å². The van der Waals surface area contributed by atoms with Gasteiger partial charge < -0.3 is 20.8 Å². The highest BCUT2D eigenvalue weighted by molar-refractivity contribution is 6.14. The van der Waals surface area contributed by atoms with Gasteiger partial charge in [-0.05, 0) is 36.4 Å². The predicted octanol–water partition coefficient (Wildman–Crippen LogP) is 3.38. The average molecular weight is 365 g/mol. The van der Waals surface area contributed by atoms with Crippen LogP contribution in [0.4, 0.5) is 11.4 Å². The fourth-order valence-corrected chi connectivity index (χ4v) is 2.52. The Bertz CT molecular complexity index is 1020. The zero-order chi connectivity index (χ0) is 19.6. The molecule has 1 heterocycles. The van der Waals surface area contributed by atoms with Crippen LogP contribution in [0.1, 0.15) is 34.8 Å². The molecule has 3 aromatic rings. The summed E-state index contributed by atoms with van der Waals surface area (Å²) >= 11 is 0. The third kappa shape index (κ3) is 3.82. The zero-order valence-electron chi connectivity index (χ0n) is 14.9. The summed E-state index contributed by atoms with van der Waals surface area (Å²) in [6.07, 6.45) is 0. The third-order valence-corrected chi connectivity index (χ3v) is 4.00. The number of anilines is 2. The lowest BCUT2D eigenvalue weighted by Crippen LogP contribution is -2.18. The van der Waals surface area contributed by atoms with E-state index in [1.54, 1.807) is 62.4 Å². The summed E-state index contributed by atoms with van der Waals surface area (Å²) in [6, 6.07) is 13.4. The monoisotopic (exact) mass is 365 g/mol. The van der Waals surface area contributed by atoms with Gasteiger partial charge in [0.15, 0.2) is 0 Å². The number of nitrogens with two attached hydrogens (primary N) is 1. The number of furan rings is 1. The molecule has 3 amide bonds. The molecule has 1 aromatic heterocycles. The number of primary amides is 1. The van der Waals surface area contributed by atoms with Gasteiger partial charge in [-0.25, -0.2) is 0 Å². The van der Waals surface area contributed by atoms with Crippen molar-refractivity contribution in [3.8, 4) is 0 Å². The largest absolute Gasteiger partial charge is 0.449 e. The maximum Gasteiger partial charge on any atom is 0.286 e. The standard InChI is InChI=1S/C20H19N3O4/c1-11(2)19(25)22-13-9-7-12(8-10-13)20(26)23-16-14-5-3-4-6-15(14)27-17(16)18(21)24/h3-11H,1-2H3,(H2,21,24)(H,22,25)(H,23,26). The van der Waals surface area contributed by atoms with Crippen LogP contribution >= 0.6 is 0 Å². The summed E-state index contributed by atoms with van der Waals surface area (Å²) in [4.78, 5) is 36.0. The Balaban J connectivity index is 1.84. The summed E-state index contributed by atoms with van der Waals surface area (Å²) < 4.78 is 5.45. The van der Waals surface area contributed by atoms with E-state index >= 15 is 0 Å². The van der Waals surface area contributed by atoms with Crippen LogP contribution in [0.3, 0.4) is 0 Å². The molecule has 0 aliphatic rings. The minimum atomic E-state index is -0.770. The first kappa shape index (κ1) is 18.2. The van der Waals surface area contributed by atoms with Gasteiger partial charge in [0.25, 0.3) is 11.8 Å². The van der Waals surface area contributed by atoms with Crippen molar-refractivity contribution < 1.29 is 18.8 Å². The summed E-state index contributed by atoms with van der Waals surface area (Å²) in [6.45, 7) is 3.59. The van der Waals surface area contributed by atoms with E-state index in [9.17, 15) is 14.4 Å². The van der Waals surface area contributed by atoms with Gasteiger partial charge in [-0.2, -0.15) is 0 Å². The van der Waals surface area contributed by atoms with E-state index in [0.717, 1.165) is 0 Å². The van der Waals surface area contributed by atoms with Crippen molar-refractivity contribution in [2.24, 2.45) is 11.7 Å². The van der Waals surface area contributed by atoms with Gasteiger partial charge in [0, 0.05) is 22.6 Å². The van der Waals surface area contributed by atoms with Crippen LogP contribution in [0.25, 0.3) is 11.0 Å². The minimum Gasteiger partial charge on any atom is -0.449 e. The van der Waals surface area contributed by atoms with Crippen molar-refractivity contribution in [2.45, 2.75) is 13.8 Å². The molecule has 2 aromatic carbocycles. The highest BCUT2D eigenvalue weighted by Crippen LogP contribution is 2.31. The Kier molecular flexibility index (Phi) is 4.94. The number of carbonyl (C=O) groups is 3. The summed E-state index contributed by atoms with van der Waals surface area (Å²) in [5.74, 6) is -1.55. The maximum absolute atomic E-state index is 12.6. The Morgan fingerprint density at radius 3 is 2.26 bits per heavy atom. The molecule has 0 saturated carbocycles. The highest BCUT2D eigenvalue weighted by atomic mass is 16.3. The second-order valence-corrected chi connectivity index (χ2v) is 6.34. The number of benzene rings is 2. The van der Waals surface area contributed by atoms with Gasteiger partial charge >= 0.3 is 0 Å². The Labute approximate surface area is 155 Å². The molecular formula is C20H19N3O4. The summed E-state index contributed by atoms with van der Waals surface area (Å²) in [5.41, 5.74) is 7.00. The molecular weight excluding hydrogens is 346 g/mol. The van der Waals surface area contributed by atoms with Crippen LogP contribution in [0.2, 0.25) is 0 Å². The molecule has 0 spiro atoms. The molecule has 0 aliphatic heterocycles. The lowest BCUT2D eigenvalue weighted by Gasteiger charge is -2.09. The molecule has 0 atom stereocenters. The van der Waals surface area contributed by atoms with Gasteiger partial charge in [-0.3, -0.25) is 14.4 Å². The molecule has 27 heavy (non-hydrogen) atoms.